The normalized spacial score (nSPS) is 10.5. The van der Waals surface area contributed by atoms with Crippen LogP contribution in [0.3, 0.4) is 0 Å². The Labute approximate surface area is 175 Å². The molecule has 0 saturated carbocycles. The summed E-state index contributed by atoms with van der Waals surface area (Å²) in [5.74, 6) is 1.62. The summed E-state index contributed by atoms with van der Waals surface area (Å²) in [5, 5.41) is 12.1. The van der Waals surface area contributed by atoms with E-state index in [2.05, 4.69) is 29.0 Å². The summed E-state index contributed by atoms with van der Waals surface area (Å²) >= 11 is 1.34. The molecule has 0 spiro atoms. The van der Waals surface area contributed by atoms with Crippen molar-refractivity contribution in [1.29, 1.82) is 0 Å². The molecule has 0 aliphatic rings. The van der Waals surface area contributed by atoms with Gasteiger partial charge in [0, 0.05) is 12.2 Å². The van der Waals surface area contributed by atoms with Gasteiger partial charge in [0.2, 0.25) is 5.91 Å². The third-order valence-electron chi connectivity index (χ3n) is 4.22. The van der Waals surface area contributed by atoms with Crippen molar-refractivity contribution in [3.8, 4) is 5.75 Å². The van der Waals surface area contributed by atoms with Crippen LogP contribution in [0.25, 0.3) is 0 Å². The molecule has 0 bridgehead atoms. The second-order valence-corrected chi connectivity index (χ2v) is 7.19. The van der Waals surface area contributed by atoms with Crippen LogP contribution in [0.4, 0.5) is 5.69 Å². The van der Waals surface area contributed by atoms with E-state index >= 15 is 0 Å². The van der Waals surface area contributed by atoms with E-state index in [9.17, 15) is 4.79 Å². The number of aryl methyl sites for hydroxylation is 1. The highest BCUT2D eigenvalue weighted by Crippen LogP contribution is 2.20. The zero-order chi connectivity index (χ0) is 20.5. The molecule has 0 radical (unpaired) electrons. The number of hydrogen-bond donors (Lipinski definition) is 1. The predicted molar refractivity (Wildman–Crippen MR) is 116 cm³/mol. The lowest BCUT2D eigenvalue weighted by Crippen LogP contribution is -2.16. The standard InChI is InChI=1S/C22H24N4O2S/c1-3-14-26-20(15-28-18-11-6-5-7-12-18)24-25-22(26)29-16-21(27)23-19-13-9-8-10-17(19)4-2/h3,5-13H,1,4,14-16H2,2H3,(H,23,27). The highest BCUT2D eigenvalue weighted by molar-refractivity contribution is 7.99. The Morgan fingerprint density at radius 2 is 1.93 bits per heavy atom. The van der Waals surface area contributed by atoms with Gasteiger partial charge in [0.25, 0.3) is 0 Å². The first-order chi connectivity index (χ1) is 14.2. The molecule has 0 unspecified atom stereocenters. The summed E-state index contributed by atoms with van der Waals surface area (Å²) in [6.45, 7) is 6.70. The van der Waals surface area contributed by atoms with Crippen LogP contribution >= 0.6 is 11.8 Å². The molecule has 1 heterocycles. The quantitative estimate of drug-likeness (QED) is 0.399. The number of allylic oxidation sites excluding steroid dienone is 1. The number of amides is 1. The van der Waals surface area contributed by atoms with Crippen LogP contribution in [0, 0.1) is 0 Å². The van der Waals surface area contributed by atoms with Gasteiger partial charge in [0.05, 0.1) is 5.75 Å². The molecule has 0 saturated heterocycles. The molecule has 1 amide bonds. The molecule has 150 valence electrons. The average molecular weight is 409 g/mol. The number of nitrogens with one attached hydrogen (secondary N) is 1. The van der Waals surface area contributed by atoms with Crippen LogP contribution in [0.5, 0.6) is 5.75 Å². The van der Waals surface area contributed by atoms with Crippen LogP contribution in [-0.4, -0.2) is 26.4 Å². The number of anilines is 1. The minimum Gasteiger partial charge on any atom is -0.486 e. The fraction of sp³-hybridized carbons (Fsp3) is 0.227. The minimum atomic E-state index is -0.0776. The number of benzene rings is 2. The lowest BCUT2D eigenvalue weighted by Gasteiger charge is -2.10. The van der Waals surface area contributed by atoms with Gasteiger partial charge < -0.3 is 10.1 Å². The van der Waals surface area contributed by atoms with Crippen LogP contribution in [0.1, 0.15) is 18.3 Å². The topological polar surface area (TPSA) is 69.0 Å². The molecule has 0 aliphatic carbocycles. The average Bonchev–Trinajstić information content (AvgIpc) is 3.14. The number of rotatable bonds is 10. The lowest BCUT2D eigenvalue weighted by molar-refractivity contribution is -0.113. The molecule has 0 fully saturated rings. The van der Waals surface area contributed by atoms with Gasteiger partial charge in [-0.05, 0) is 30.2 Å². The molecular formula is C22H24N4O2S. The highest BCUT2D eigenvalue weighted by atomic mass is 32.2. The van der Waals surface area contributed by atoms with E-state index in [1.165, 1.54) is 11.8 Å². The molecule has 1 aromatic heterocycles. The molecule has 6 nitrogen and oxygen atoms in total. The van der Waals surface area contributed by atoms with E-state index in [0.717, 1.165) is 23.4 Å². The summed E-state index contributed by atoms with van der Waals surface area (Å²) in [6, 6.07) is 17.4. The van der Waals surface area contributed by atoms with Crippen molar-refractivity contribution in [2.24, 2.45) is 0 Å². The van der Waals surface area contributed by atoms with Crippen molar-refractivity contribution in [3.63, 3.8) is 0 Å². The van der Waals surface area contributed by atoms with Gasteiger partial charge in [-0.2, -0.15) is 0 Å². The molecule has 3 rings (SSSR count). The molecule has 29 heavy (non-hydrogen) atoms. The van der Waals surface area contributed by atoms with Crippen molar-refractivity contribution >= 4 is 23.4 Å². The number of aromatic nitrogens is 3. The van der Waals surface area contributed by atoms with Crippen molar-refractivity contribution in [2.45, 2.75) is 31.7 Å². The van der Waals surface area contributed by atoms with E-state index in [0.29, 0.717) is 24.1 Å². The molecule has 1 N–H and O–H groups in total. The fourth-order valence-electron chi connectivity index (χ4n) is 2.78. The summed E-state index contributed by atoms with van der Waals surface area (Å²) in [7, 11) is 0. The molecule has 0 aliphatic heterocycles. The summed E-state index contributed by atoms with van der Waals surface area (Å²) < 4.78 is 7.69. The number of para-hydroxylation sites is 2. The van der Waals surface area contributed by atoms with Gasteiger partial charge in [-0.3, -0.25) is 9.36 Å². The number of thioether (sulfide) groups is 1. The number of ether oxygens (including phenoxy) is 1. The van der Waals surface area contributed by atoms with Gasteiger partial charge in [0.1, 0.15) is 12.4 Å². The van der Waals surface area contributed by atoms with Crippen LogP contribution in [0.2, 0.25) is 0 Å². The Morgan fingerprint density at radius 3 is 2.69 bits per heavy atom. The Morgan fingerprint density at radius 1 is 1.17 bits per heavy atom. The smallest absolute Gasteiger partial charge is 0.234 e. The van der Waals surface area contributed by atoms with E-state index in [1.807, 2.05) is 59.2 Å². The second-order valence-electron chi connectivity index (χ2n) is 6.25. The van der Waals surface area contributed by atoms with Crippen molar-refractivity contribution in [2.75, 3.05) is 11.1 Å². The van der Waals surface area contributed by atoms with Gasteiger partial charge in [-0.1, -0.05) is 61.2 Å². The Kier molecular flexibility index (Phi) is 7.47. The Bertz CT molecular complexity index is 956. The zero-order valence-corrected chi connectivity index (χ0v) is 17.2. The third-order valence-corrected chi connectivity index (χ3v) is 5.19. The Balaban J connectivity index is 1.62. The van der Waals surface area contributed by atoms with Gasteiger partial charge in [0.15, 0.2) is 11.0 Å². The SMILES string of the molecule is C=CCn1c(COc2ccccc2)nnc1SCC(=O)Nc1ccccc1CC. The number of carbonyl (C=O) groups is 1. The van der Waals surface area contributed by atoms with Crippen molar-refractivity contribution in [1.82, 2.24) is 14.8 Å². The minimum absolute atomic E-state index is 0.0776. The summed E-state index contributed by atoms with van der Waals surface area (Å²) in [5.41, 5.74) is 1.96. The number of hydrogen-bond acceptors (Lipinski definition) is 5. The molecule has 0 atom stereocenters. The van der Waals surface area contributed by atoms with Crippen molar-refractivity contribution < 1.29 is 9.53 Å². The number of carbonyl (C=O) groups excluding carboxylic acids is 1. The monoisotopic (exact) mass is 408 g/mol. The van der Waals surface area contributed by atoms with E-state index < -0.39 is 0 Å². The second kappa shape index (κ2) is 10.5. The van der Waals surface area contributed by atoms with Gasteiger partial charge >= 0.3 is 0 Å². The molecular weight excluding hydrogens is 384 g/mol. The van der Waals surface area contributed by atoms with Gasteiger partial charge in [-0.15, -0.1) is 16.8 Å². The molecule has 2 aromatic carbocycles. The first kappa shape index (κ1) is 20.7. The first-order valence-corrected chi connectivity index (χ1v) is 10.4. The first-order valence-electron chi connectivity index (χ1n) is 9.42. The van der Waals surface area contributed by atoms with Gasteiger partial charge in [-0.25, -0.2) is 0 Å². The number of nitrogens with zero attached hydrogens (tertiary/aromatic N) is 3. The van der Waals surface area contributed by atoms with Crippen molar-refractivity contribution in [3.05, 3.63) is 78.6 Å². The fourth-order valence-corrected chi connectivity index (χ4v) is 3.54. The zero-order valence-electron chi connectivity index (χ0n) is 16.4. The largest absolute Gasteiger partial charge is 0.486 e. The third kappa shape index (κ3) is 5.71. The molecule has 7 heteroatoms. The maximum Gasteiger partial charge on any atom is 0.234 e. The maximum absolute atomic E-state index is 12.4. The van der Waals surface area contributed by atoms with E-state index in [-0.39, 0.29) is 11.7 Å². The lowest BCUT2D eigenvalue weighted by atomic mass is 10.1. The predicted octanol–water partition coefficient (Wildman–Crippen LogP) is 4.34. The van der Waals surface area contributed by atoms with Crippen LogP contribution in [0.15, 0.2) is 72.4 Å². The summed E-state index contributed by atoms with van der Waals surface area (Å²) in [6.07, 6.45) is 2.64. The van der Waals surface area contributed by atoms with Crippen LogP contribution in [-0.2, 0) is 24.4 Å². The van der Waals surface area contributed by atoms with E-state index in [1.54, 1.807) is 6.08 Å². The maximum atomic E-state index is 12.4. The highest BCUT2D eigenvalue weighted by Gasteiger charge is 2.14. The van der Waals surface area contributed by atoms with Crippen LogP contribution < -0.4 is 10.1 Å². The summed E-state index contributed by atoms with van der Waals surface area (Å²) in [4.78, 5) is 12.4. The van der Waals surface area contributed by atoms with E-state index in [4.69, 9.17) is 4.74 Å². The molecule has 3 aromatic rings. The Hall–Kier alpha value is -3.06.